The highest BCUT2D eigenvalue weighted by Crippen LogP contribution is 2.33. The van der Waals surface area contributed by atoms with Crippen molar-refractivity contribution in [3.63, 3.8) is 0 Å². The van der Waals surface area contributed by atoms with E-state index < -0.39 is 14.9 Å². The van der Waals surface area contributed by atoms with Crippen LogP contribution in [0.15, 0.2) is 53.4 Å². The average Bonchev–Trinajstić information content (AvgIpc) is 2.59. The summed E-state index contributed by atoms with van der Waals surface area (Å²) in [6.45, 7) is 0. The molecule has 27 heavy (non-hydrogen) atoms. The van der Waals surface area contributed by atoms with Gasteiger partial charge in [-0.25, -0.2) is 4.72 Å². The normalized spacial score (nSPS) is 12.3. The van der Waals surface area contributed by atoms with Gasteiger partial charge in [0.2, 0.25) is 3.79 Å². The summed E-state index contributed by atoms with van der Waals surface area (Å²) in [6.07, 6.45) is -0.923. The van der Waals surface area contributed by atoms with Crippen molar-refractivity contribution >= 4 is 98.0 Å². The smallest absolute Gasteiger partial charge is 0.284 e. The predicted octanol–water partition coefficient (Wildman–Crippen LogP) is 5.48. The second-order valence-electron chi connectivity index (χ2n) is 5.00. The molecule has 0 fully saturated rings. The first kappa shape index (κ1) is 22.7. The molecule has 144 valence electrons. The first-order chi connectivity index (χ1) is 12.7. The maximum atomic E-state index is 11.1. The first-order valence-electron chi connectivity index (χ1n) is 7.23. The highest BCUT2D eigenvalue weighted by molar-refractivity contribution is 14.1. The van der Waals surface area contributed by atoms with E-state index in [2.05, 4.69) is 37.9 Å². The monoisotopic (exact) mass is 576 g/mol. The van der Waals surface area contributed by atoms with Crippen molar-refractivity contribution in [1.29, 1.82) is 0 Å². The van der Waals surface area contributed by atoms with Crippen molar-refractivity contribution < 1.29 is 4.92 Å². The third-order valence-electron chi connectivity index (χ3n) is 3.07. The standard InChI is InChI=1S/C15H12Cl3IN4O2S2/c16-15(17,18)13(21-14(26)20-10-6-2-1-5-9(10)19)22-27-12-8-4-3-7-11(12)23(24)25/h1-8,13,22H,(H2,20,21,26)/t13-/m0/s1. The zero-order valence-corrected chi connectivity index (χ0v) is 19.3. The maximum Gasteiger partial charge on any atom is 0.284 e. The van der Waals surface area contributed by atoms with Crippen LogP contribution < -0.4 is 15.4 Å². The second-order valence-corrected chi connectivity index (χ2v) is 9.82. The highest BCUT2D eigenvalue weighted by atomic mass is 127. The van der Waals surface area contributed by atoms with Gasteiger partial charge in [-0.15, -0.1) is 0 Å². The van der Waals surface area contributed by atoms with Crippen molar-refractivity contribution in [2.45, 2.75) is 14.9 Å². The molecule has 0 radical (unpaired) electrons. The maximum absolute atomic E-state index is 11.1. The lowest BCUT2D eigenvalue weighted by Crippen LogP contribution is -2.52. The van der Waals surface area contributed by atoms with Crippen LogP contribution in [0.25, 0.3) is 0 Å². The summed E-state index contributed by atoms with van der Waals surface area (Å²) < 4.78 is 2.07. The number of alkyl halides is 3. The number of nitrogens with zero attached hydrogens (tertiary/aromatic N) is 1. The van der Waals surface area contributed by atoms with Gasteiger partial charge in [0.15, 0.2) is 5.11 Å². The molecule has 0 saturated heterocycles. The van der Waals surface area contributed by atoms with Gasteiger partial charge in [-0.1, -0.05) is 59.1 Å². The van der Waals surface area contributed by atoms with E-state index in [0.29, 0.717) is 4.90 Å². The molecule has 0 heterocycles. The van der Waals surface area contributed by atoms with Crippen molar-refractivity contribution in [2.24, 2.45) is 0 Å². The molecule has 3 N–H and O–H groups in total. The predicted molar refractivity (Wildman–Crippen MR) is 125 cm³/mol. The lowest BCUT2D eigenvalue weighted by Gasteiger charge is -2.27. The van der Waals surface area contributed by atoms with E-state index in [4.69, 9.17) is 47.0 Å². The van der Waals surface area contributed by atoms with Crippen molar-refractivity contribution in [3.05, 3.63) is 62.2 Å². The number of rotatable bonds is 6. The molecule has 6 nitrogen and oxygen atoms in total. The van der Waals surface area contributed by atoms with Crippen LogP contribution in [0.5, 0.6) is 0 Å². The van der Waals surface area contributed by atoms with Crippen LogP contribution in [-0.4, -0.2) is 20.0 Å². The minimum absolute atomic E-state index is 0.0578. The number of para-hydroxylation sites is 2. The molecule has 12 heteroatoms. The van der Waals surface area contributed by atoms with Crippen LogP contribution in [0, 0.1) is 13.7 Å². The molecular formula is C15H12Cl3IN4O2S2. The van der Waals surface area contributed by atoms with E-state index in [9.17, 15) is 10.1 Å². The number of halogens is 4. The Kier molecular flexibility index (Phi) is 8.66. The fourth-order valence-corrected chi connectivity index (χ4v) is 3.99. The van der Waals surface area contributed by atoms with Crippen LogP contribution in [-0.2, 0) is 0 Å². The molecule has 0 aliphatic rings. The average molecular weight is 578 g/mol. The van der Waals surface area contributed by atoms with Gasteiger partial charge >= 0.3 is 0 Å². The van der Waals surface area contributed by atoms with Crippen molar-refractivity contribution in [3.8, 4) is 0 Å². The number of hydrogen-bond donors (Lipinski definition) is 3. The molecular weight excluding hydrogens is 566 g/mol. The Morgan fingerprint density at radius 1 is 1.19 bits per heavy atom. The number of benzene rings is 2. The van der Waals surface area contributed by atoms with E-state index in [1.807, 2.05) is 24.3 Å². The largest absolute Gasteiger partial charge is 0.343 e. The summed E-state index contributed by atoms with van der Waals surface area (Å²) in [5.41, 5.74) is 0.739. The molecule has 0 spiro atoms. The van der Waals surface area contributed by atoms with E-state index in [1.54, 1.807) is 18.2 Å². The Balaban J connectivity index is 2.07. The SMILES string of the molecule is O=[N+]([O-])c1ccccc1SN[C@H](NC(=S)Nc1ccccc1I)C(Cl)(Cl)Cl. The summed E-state index contributed by atoms with van der Waals surface area (Å²) in [4.78, 5) is 11.0. The number of hydrogen-bond acceptors (Lipinski definition) is 5. The van der Waals surface area contributed by atoms with Crippen LogP contribution in [0.3, 0.4) is 0 Å². The van der Waals surface area contributed by atoms with Crippen LogP contribution in [0.2, 0.25) is 0 Å². The zero-order chi connectivity index (χ0) is 20.0. The first-order valence-corrected chi connectivity index (χ1v) is 10.7. The lowest BCUT2D eigenvalue weighted by atomic mass is 10.3. The van der Waals surface area contributed by atoms with E-state index in [-0.39, 0.29) is 10.8 Å². The van der Waals surface area contributed by atoms with Gasteiger partial charge in [0.25, 0.3) is 5.69 Å². The third-order valence-corrected chi connectivity index (χ3v) is 5.81. The topological polar surface area (TPSA) is 79.2 Å². The van der Waals surface area contributed by atoms with Crippen molar-refractivity contribution in [1.82, 2.24) is 10.0 Å². The Hall–Kier alpha value is -0.560. The molecule has 0 bridgehead atoms. The quantitative estimate of drug-likeness (QED) is 0.0799. The summed E-state index contributed by atoms with van der Waals surface area (Å²) in [5.74, 6) is 0. The van der Waals surface area contributed by atoms with E-state index in [0.717, 1.165) is 21.2 Å². The molecule has 2 aromatic rings. The molecule has 0 saturated carbocycles. The van der Waals surface area contributed by atoms with E-state index in [1.165, 1.54) is 6.07 Å². The summed E-state index contributed by atoms with van der Waals surface area (Å²) >= 11 is 26.5. The molecule has 0 aliphatic carbocycles. The summed E-state index contributed by atoms with van der Waals surface area (Å²) in [6, 6.07) is 13.8. The Bertz CT molecular complexity index is 839. The van der Waals surface area contributed by atoms with Crippen LogP contribution in [0.1, 0.15) is 0 Å². The van der Waals surface area contributed by atoms with Gasteiger partial charge in [0.05, 0.1) is 10.6 Å². The van der Waals surface area contributed by atoms with Gasteiger partial charge < -0.3 is 10.6 Å². The van der Waals surface area contributed by atoms with Crippen molar-refractivity contribution in [2.75, 3.05) is 5.32 Å². The summed E-state index contributed by atoms with van der Waals surface area (Å²) in [5, 5.41) is 17.2. The number of nitrogens with one attached hydrogen (secondary N) is 3. The highest BCUT2D eigenvalue weighted by Gasteiger charge is 2.34. The number of nitro benzene ring substituents is 1. The van der Waals surface area contributed by atoms with Gasteiger partial charge in [-0.05, 0) is 65.0 Å². The number of thiocarbonyl (C=S) groups is 1. The summed E-state index contributed by atoms with van der Waals surface area (Å²) in [7, 11) is 0. The van der Waals surface area contributed by atoms with Gasteiger partial charge in [-0.3, -0.25) is 10.1 Å². The molecule has 0 unspecified atom stereocenters. The Labute approximate surface area is 194 Å². The van der Waals surface area contributed by atoms with Gasteiger partial charge in [0, 0.05) is 9.64 Å². The van der Waals surface area contributed by atoms with Crippen LogP contribution in [0.4, 0.5) is 11.4 Å². The number of nitro groups is 1. The minimum atomic E-state index is -1.77. The second kappa shape index (κ2) is 10.3. The molecule has 2 aromatic carbocycles. The fourth-order valence-electron chi connectivity index (χ4n) is 1.85. The van der Waals surface area contributed by atoms with Gasteiger partial charge in [-0.2, -0.15) is 0 Å². The molecule has 1 atom stereocenters. The number of anilines is 1. The Morgan fingerprint density at radius 3 is 2.44 bits per heavy atom. The van der Waals surface area contributed by atoms with E-state index >= 15 is 0 Å². The molecule has 0 amide bonds. The minimum Gasteiger partial charge on any atom is -0.343 e. The molecule has 2 rings (SSSR count). The lowest BCUT2D eigenvalue weighted by molar-refractivity contribution is -0.387. The zero-order valence-electron chi connectivity index (χ0n) is 13.3. The third kappa shape index (κ3) is 7.08. The molecule has 0 aliphatic heterocycles. The van der Waals surface area contributed by atoms with Gasteiger partial charge in [0.1, 0.15) is 11.1 Å². The molecule has 0 aromatic heterocycles. The fraction of sp³-hybridized carbons (Fsp3) is 0.133. The van der Waals surface area contributed by atoms with Crippen LogP contribution >= 0.6 is 81.6 Å². The Morgan fingerprint density at radius 2 is 1.81 bits per heavy atom.